The van der Waals surface area contributed by atoms with Gasteiger partial charge in [-0.2, -0.15) is 0 Å². The van der Waals surface area contributed by atoms with Crippen LogP contribution in [0.2, 0.25) is 0 Å². The number of carbonyl (C=O) groups is 1. The minimum atomic E-state index is -0.409. The van der Waals surface area contributed by atoms with Crippen LogP contribution in [0.4, 0.5) is 0 Å². The normalized spacial score (nSPS) is 18.5. The molecule has 1 saturated heterocycles. The molecular weight excluding hydrogens is 246 g/mol. The number of rotatable bonds is 4. The molecule has 0 unspecified atom stereocenters. The number of nitrogens with zero attached hydrogens (tertiary/aromatic N) is 1. The molecule has 1 aliphatic rings. The van der Waals surface area contributed by atoms with Crippen LogP contribution >= 0.6 is 0 Å². The summed E-state index contributed by atoms with van der Waals surface area (Å²) in [6, 6.07) is 5.13. The number of benzene rings is 1. The molecule has 5 nitrogen and oxygen atoms in total. The highest BCUT2D eigenvalue weighted by atomic mass is 16.5. The summed E-state index contributed by atoms with van der Waals surface area (Å²) in [4.78, 5) is 13.9. The first-order valence-electron chi connectivity index (χ1n) is 6.44. The van der Waals surface area contributed by atoms with Crippen molar-refractivity contribution in [3.8, 4) is 11.5 Å². The molecule has 0 spiro atoms. The number of ether oxygens (including phenoxy) is 2. The number of likely N-dealkylation sites (tertiary alicyclic amines) is 1. The first-order valence-corrected chi connectivity index (χ1v) is 6.44. The van der Waals surface area contributed by atoms with Gasteiger partial charge in [0.1, 0.15) is 0 Å². The monoisotopic (exact) mass is 265 g/mol. The van der Waals surface area contributed by atoms with Crippen molar-refractivity contribution >= 4 is 5.91 Å². The summed E-state index contributed by atoms with van der Waals surface area (Å²) in [5.74, 6) is 1.09. The van der Waals surface area contributed by atoms with Crippen LogP contribution < -0.4 is 9.47 Å². The van der Waals surface area contributed by atoms with Gasteiger partial charge < -0.3 is 19.5 Å². The predicted molar refractivity (Wildman–Crippen MR) is 70.7 cm³/mol. The summed E-state index contributed by atoms with van der Waals surface area (Å²) in [7, 11) is 1.57. The highest BCUT2D eigenvalue weighted by molar-refractivity contribution is 5.95. The lowest BCUT2D eigenvalue weighted by Crippen LogP contribution is -2.29. The Kier molecular flexibility index (Phi) is 4.27. The quantitative estimate of drug-likeness (QED) is 0.891. The van der Waals surface area contributed by atoms with Gasteiger partial charge in [0.25, 0.3) is 5.91 Å². The molecule has 1 N–H and O–H groups in total. The van der Waals surface area contributed by atoms with Crippen molar-refractivity contribution < 1.29 is 19.4 Å². The van der Waals surface area contributed by atoms with E-state index in [2.05, 4.69) is 0 Å². The fourth-order valence-corrected chi connectivity index (χ4v) is 2.19. The lowest BCUT2D eigenvalue weighted by atomic mass is 10.1. The lowest BCUT2D eigenvalue weighted by Gasteiger charge is -2.17. The molecule has 1 heterocycles. The van der Waals surface area contributed by atoms with E-state index < -0.39 is 6.10 Å². The number of β-amino-alcohol motifs (C(OH)–C–C–N with tert-alkyl or cyclic N) is 1. The van der Waals surface area contributed by atoms with Crippen molar-refractivity contribution in [3.63, 3.8) is 0 Å². The molecule has 5 heteroatoms. The molecule has 0 aromatic heterocycles. The van der Waals surface area contributed by atoms with Gasteiger partial charge in [0.05, 0.1) is 19.8 Å². The number of carbonyl (C=O) groups excluding carboxylic acids is 1. The zero-order chi connectivity index (χ0) is 13.8. The number of methoxy groups -OCH3 is 1. The third-order valence-corrected chi connectivity index (χ3v) is 3.16. The Morgan fingerprint density at radius 2 is 2.26 bits per heavy atom. The van der Waals surface area contributed by atoms with Gasteiger partial charge in [-0.1, -0.05) is 0 Å². The molecule has 0 radical (unpaired) electrons. The molecule has 1 fully saturated rings. The smallest absolute Gasteiger partial charge is 0.254 e. The van der Waals surface area contributed by atoms with Gasteiger partial charge in [0, 0.05) is 18.7 Å². The van der Waals surface area contributed by atoms with Crippen molar-refractivity contribution in [3.05, 3.63) is 23.8 Å². The number of amides is 1. The van der Waals surface area contributed by atoms with Crippen LogP contribution in [0.1, 0.15) is 23.7 Å². The molecule has 19 heavy (non-hydrogen) atoms. The van der Waals surface area contributed by atoms with E-state index in [9.17, 15) is 9.90 Å². The van der Waals surface area contributed by atoms with Crippen molar-refractivity contribution in [2.45, 2.75) is 19.4 Å². The molecule has 0 saturated carbocycles. The van der Waals surface area contributed by atoms with Crippen LogP contribution in [0.5, 0.6) is 11.5 Å². The van der Waals surface area contributed by atoms with Crippen molar-refractivity contribution in [1.29, 1.82) is 0 Å². The van der Waals surface area contributed by atoms with Crippen LogP contribution in [-0.2, 0) is 0 Å². The summed E-state index contributed by atoms with van der Waals surface area (Å²) in [6.45, 7) is 3.38. The first kappa shape index (κ1) is 13.7. The molecule has 1 aliphatic heterocycles. The van der Waals surface area contributed by atoms with Crippen molar-refractivity contribution in [2.24, 2.45) is 0 Å². The SMILES string of the molecule is CCOc1cc(C(=O)N2CC[C@@H](O)C2)ccc1OC. The second kappa shape index (κ2) is 5.93. The topological polar surface area (TPSA) is 59.0 Å². The molecule has 1 aromatic rings. The fraction of sp³-hybridized carbons (Fsp3) is 0.500. The summed E-state index contributed by atoms with van der Waals surface area (Å²) in [5, 5.41) is 9.48. The van der Waals surface area contributed by atoms with E-state index in [4.69, 9.17) is 9.47 Å². The average molecular weight is 265 g/mol. The summed E-state index contributed by atoms with van der Waals surface area (Å²) in [5.41, 5.74) is 0.554. The predicted octanol–water partition coefficient (Wildman–Crippen LogP) is 1.30. The largest absolute Gasteiger partial charge is 0.493 e. The van der Waals surface area contributed by atoms with Gasteiger partial charge in [0.2, 0.25) is 0 Å². The summed E-state index contributed by atoms with van der Waals surface area (Å²) in [6.07, 6.45) is 0.230. The Morgan fingerprint density at radius 3 is 2.84 bits per heavy atom. The molecule has 1 atom stereocenters. The Balaban J connectivity index is 2.20. The van der Waals surface area contributed by atoms with Crippen molar-refractivity contribution in [1.82, 2.24) is 4.90 Å². The zero-order valence-corrected chi connectivity index (χ0v) is 11.3. The second-order valence-electron chi connectivity index (χ2n) is 4.49. The minimum absolute atomic E-state index is 0.0832. The minimum Gasteiger partial charge on any atom is -0.493 e. The Labute approximate surface area is 112 Å². The van der Waals surface area contributed by atoms with Gasteiger partial charge in [-0.3, -0.25) is 4.79 Å². The van der Waals surface area contributed by atoms with Crippen LogP contribution in [0, 0.1) is 0 Å². The highest BCUT2D eigenvalue weighted by Gasteiger charge is 2.25. The summed E-state index contributed by atoms with van der Waals surface area (Å²) >= 11 is 0. The maximum Gasteiger partial charge on any atom is 0.254 e. The Bertz CT molecular complexity index is 461. The van der Waals surface area contributed by atoms with E-state index in [1.807, 2.05) is 6.92 Å². The van der Waals surface area contributed by atoms with Gasteiger partial charge in [0.15, 0.2) is 11.5 Å². The number of aliphatic hydroxyl groups is 1. The number of aliphatic hydroxyl groups excluding tert-OH is 1. The van der Waals surface area contributed by atoms with Gasteiger partial charge in [-0.05, 0) is 31.5 Å². The fourth-order valence-electron chi connectivity index (χ4n) is 2.19. The van der Waals surface area contributed by atoms with Crippen LogP contribution in [0.3, 0.4) is 0 Å². The number of hydrogen-bond acceptors (Lipinski definition) is 4. The van der Waals surface area contributed by atoms with E-state index in [1.165, 1.54) is 0 Å². The van der Waals surface area contributed by atoms with Crippen molar-refractivity contribution in [2.75, 3.05) is 26.8 Å². The standard InChI is InChI=1S/C14H19NO4/c1-3-19-13-8-10(4-5-12(13)18-2)14(17)15-7-6-11(16)9-15/h4-5,8,11,16H,3,6-7,9H2,1-2H3/t11-/m1/s1. The van der Waals surface area contributed by atoms with E-state index in [0.29, 0.717) is 43.2 Å². The Morgan fingerprint density at radius 1 is 1.47 bits per heavy atom. The average Bonchev–Trinajstić information content (AvgIpc) is 2.85. The van der Waals surface area contributed by atoms with Crippen LogP contribution in [0.25, 0.3) is 0 Å². The van der Waals surface area contributed by atoms with Crippen LogP contribution in [-0.4, -0.2) is 48.8 Å². The highest BCUT2D eigenvalue weighted by Crippen LogP contribution is 2.29. The molecule has 2 rings (SSSR count). The van der Waals surface area contributed by atoms with Gasteiger partial charge in [-0.15, -0.1) is 0 Å². The van der Waals surface area contributed by atoms with Gasteiger partial charge in [-0.25, -0.2) is 0 Å². The molecule has 0 bridgehead atoms. The third-order valence-electron chi connectivity index (χ3n) is 3.16. The molecule has 1 aromatic carbocycles. The number of hydrogen-bond donors (Lipinski definition) is 1. The third kappa shape index (κ3) is 2.98. The first-order chi connectivity index (χ1) is 9.15. The van der Waals surface area contributed by atoms with Crippen LogP contribution in [0.15, 0.2) is 18.2 Å². The maximum absolute atomic E-state index is 12.3. The van der Waals surface area contributed by atoms with E-state index in [-0.39, 0.29) is 5.91 Å². The van der Waals surface area contributed by atoms with E-state index in [0.717, 1.165) is 0 Å². The van der Waals surface area contributed by atoms with E-state index in [1.54, 1.807) is 30.2 Å². The van der Waals surface area contributed by atoms with Gasteiger partial charge >= 0.3 is 0 Å². The zero-order valence-electron chi connectivity index (χ0n) is 11.3. The molecule has 0 aliphatic carbocycles. The lowest BCUT2D eigenvalue weighted by molar-refractivity contribution is 0.0764. The molecule has 104 valence electrons. The second-order valence-corrected chi connectivity index (χ2v) is 4.49. The van der Waals surface area contributed by atoms with E-state index >= 15 is 0 Å². The molecular formula is C14H19NO4. The molecule has 1 amide bonds. The summed E-state index contributed by atoms with van der Waals surface area (Å²) < 4.78 is 10.6. The maximum atomic E-state index is 12.3. The Hall–Kier alpha value is -1.75.